The van der Waals surface area contributed by atoms with E-state index in [-0.39, 0.29) is 5.41 Å². The molecule has 0 amide bonds. The first-order valence-corrected chi connectivity index (χ1v) is 12.3. The Morgan fingerprint density at radius 1 is 1.00 bits per heavy atom. The van der Waals surface area contributed by atoms with E-state index in [0.717, 1.165) is 69.4 Å². The molecule has 4 heterocycles. The molecule has 0 N–H and O–H groups in total. The summed E-state index contributed by atoms with van der Waals surface area (Å²) in [4.78, 5) is 12.5. The predicted octanol–water partition coefficient (Wildman–Crippen LogP) is 3.97. The van der Waals surface area contributed by atoms with Gasteiger partial charge in [0, 0.05) is 51.4 Å². The Morgan fingerprint density at radius 2 is 1.79 bits per heavy atom. The van der Waals surface area contributed by atoms with Crippen LogP contribution in [-0.4, -0.2) is 55.8 Å². The molecule has 2 fully saturated rings. The van der Waals surface area contributed by atoms with E-state index in [1.54, 1.807) is 0 Å². The van der Waals surface area contributed by atoms with Gasteiger partial charge in [0.2, 0.25) is 0 Å². The van der Waals surface area contributed by atoms with Crippen LogP contribution in [0, 0.1) is 16.7 Å². The highest BCUT2D eigenvalue weighted by atomic mass is 16.5. The standard InChI is InChI=1S/C27H35N5O/c1-27(2)10-6-11-32(20-27)25-22-9-12-30(18-21-7-4-3-5-8-21)19-24(22)23(17-28)26(29-25)31-13-15-33-16-14-31/h3-5,7-8H,6,9-16,18-20H2,1-2H3. The van der Waals surface area contributed by atoms with Crippen molar-refractivity contribution in [2.45, 2.75) is 46.2 Å². The van der Waals surface area contributed by atoms with E-state index in [1.807, 2.05) is 0 Å². The van der Waals surface area contributed by atoms with E-state index < -0.39 is 0 Å². The Kier molecular flexibility index (Phi) is 6.27. The molecule has 0 saturated carbocycles. The van der Waals surface area contributed by atoms with Gasteiger partial charge in [-0.05, 0) is 35.8 Å². The number of anilines is 2. The molecule has 2 aromatic rings. The van der Waals surface area contributed by atoms with Gasteiger partial charge in [0.25, 0.3) is 0 Å². The number of nitrogens with zero attached hydrogens (tertiary/aromatic N) is 5. The van der Waals surface area contributed by atoms with Crippen LogP contribution in [-0.2, 0) is 24.2 Å². The number of piperidine rings is 1. The Bertz CT molecular complexity index is 1020. The monoisotopic (exact) mass is 445 g/mol. The Hall–Kier alpha value is -2.62. The van der Waals surface area contributed by atoms with Crippen molar-refractivity contribution in [3.05, 3.63) is 52.6 Å². The topological polar surface area (TPSA) is 55.6 Å². The number of morpholine rings is 1. The quantitative estimate of drug-likeness (QED) is 0.710. The van der Waals surface area contributed by atoms with E-state index in [4.69, 9.17) is 9.72 Å². The Labute approximate surface area is 197 Å². The van der Waals surface area contributed by atoms with Crippen molar-refractivity contribution in [1.82, 2.24) is 9.88 Å². The lowest BCUT2D eigenvalue weighted by Gasteiger charge is -2.42. The Morgan fingerprint density at radius 3 is 2.52 bits per heavy atom. The van der Waals surface area contributed by atoms with Crippen molar-refractivity contribution in [2.24, 2.45) is 5.41 Å². The molecule has 2 saturated heterocycles. The summed E-state index contributed by atoms with van der Waals surface area (Å²) in [5.41, 5.74) is 4.86. The largest absolute Gasteiger partial charge is 0.378 e. The van der Waals surface area contributed by atoms with Crippen molar-refractivity contribution < 1.29 is 4.74 Å². The lowest BCUT2D eigenvalue weighted by atomic mass is 9.83. The minimum Gasteiger partial charge on any atom is -0.378 e. The molecule has 3 aliphatic rings. The molecule has 5 rings (SSSR count). The number of nitriles is 1. The van der Waals surface area contributed by atoms with Gasteiger partial charge >= 0.3 is 0 Å². The van der Waals surface area contributed by atoms with Crippen LogP contribution in [0.15, 0.2) is 30.3 Å². The fourth-order valence-corrected chi connectivity index (χ4v) is 5.62. The fraction of sp³-hybridized carbons (Fsp3) is 0.556. The fourth-order valence-electron chi connectivity index (χ4n) is 5.62. The summed E-state index contributed by atoms with van der Waals surface area (Å²) in [5.74, 6) is 1.98. The van der Waals surface area contributed by atoms with Crippen molar-refractivity contribution in [3.8, 4) is 6.07 Å². The summed E-state index contributed by atoms with van der Waals surface area (Å²) in [6, 6.07) is 13.2. The van der Waals surface area contributed by atoms with Crippen molar-refractivity contribution >= 4 is 11.6 Å². The van der Waals surface area contributed by atoms with Gasteiger partial charge in [0.15, 0.2) is 0 Å². The number of aromatic nitrogens is 1. The number of hydrogen-bond donors (Lipinski definition) is 0. The van der Waals surface area contributed by atoms with Gasteiger partial charge in [-0.15, -0.1) is 0 Å². The lowest BCUT2D eigenvalue weighted by molar-refractivity contribution is 0.122. The molecule has 0 spiro atoms. The van der Waals surface area contributed by atoms with Crippen molar-refractivity contribution in [1.29, 1.82) is 5.26 Å². The van der Waals surface area contributed by atoms with E-state index >= 15 is 0 Å². The molecule has 6 heteroatoms. The highest BCUT2D eigenvalue weighted by Crippen LogP contribution is 2.39. The molecule has 0 radical (unpaired) electrons. The summed E-state index contributed by atoms with van der Waals surface area (Å²) >= 11 is 0. The van der Waals surface area contributed by atoms with Crippen LogP contribution in [0.4, 0.5) is 11.6 Å². The number of pyridine rings is 1. The number of ether oxygens (including phenoxy) is 1. The second kappa shape index (κ2) is 9.32. The number of benzene rings is 1. The van der Waals surface area contributed by atoms with Crippen LogP contribution in [0.3, 0.4) is 0 Å². The lowest BCUT2D eigenvalue weighted by Crippen LogP contribution is -2.43. The van der Waals surface area contributed by atoms with Gasteiger partial charge < -0.3 is 14.5 Å². The first-order valence-electron chi connectivity index (χ1n) is 12.3. The summed E-state index contributed by atoms with van der Waals surface area (Å²) < 4.78 is 5.59. The number of rotatable bonds is 4. The second-order valence-electron chi connectivity index (χ2n) is 10.4. The maximum atomic E-state index is 10.3. The molecule has 3 aliphatic heterocycles. The molecule has 0 atom stereocenters. The van der Waals surface area contributed by atoms with Crippen LogP contribution in [0.25, 0.3) is 0 Å². The SMILES string of the molecule is CC1(C)CCCN(c2nc(N3CCOCC3)c(C#N)c3c2CCN(Cc2ccccc2)C3)C1. The van der Waals surface area contributed by atoms with Crippen LogP contribution in [0.1, 0.15) is 48.9 Å². The first-order chi connectivity index (χ1) is 16.0. The van der Waals surface area contributed by atoms with Crippen molar-refractivity contribution in [3.63, 3.8) is 0 Å². The number of fused-ring (bicyclic) bond motifs is 1. The summed E-state index contributed by atoms with van der Waals surface area (Å²) in [6.07, 6.45) is 3.39. The molecular weight excluding hydrogens is 410 g/mol. The third-order valence-corrected chi connectivity index (χ3v) is 7.30. The van der Waals surface area contributed by atoms with E-state index in [0.29, 0.717) is 13.2 Å². The normalized spacial score (nSPS) is 20.9. The summed E-state index contributed by atoms with van der Waals surface area (Å²) in [7, 11) is 0. The van der Waals surface area contributed by atoms with Gasteiger partial charge in [-0.2, -0.15) is 5.26 Å². The molecule has 6 nitrogen and oxygen atoms in total. The predicted molar refractivity (Wildman–Crippen MR) is 131 cm³/mol. The molecule has 1 aromatic carbocycles. The zero-order valence-electron chi connectivity index (χ0n) is 20.0. The summed E-state index contributed by atoms with van der Waals surface area (Å²) in [5, 5.41) is 10.3. The highest BCUT2D eigenvalue weighted by Gasteiger charge is 2.33. The van der Waals surface area contributed by atoms with Crippen molar-refractivity contribution in [2.75, 3.05) is 55.7 Å². The highest BCUT2D eigenvalue weighted by molar-refractivity contribution is 5.68. The van der Waals surface area contributed by atoms with E-state index in [2.05, 4.69) is 64.9 Å². The zero-order chi connectivity index (χ0) is 22.8. The van der Waals surface area contributed by atoms with Crippen LogP contribution in [0.5, 0.6) is 0 Å². The molecular formula is C27H35N5O. The van der Waals surface area contributed by atoms with E-state index in [9.17, 15) is 5.26 Å². The average Bonchev–Trinajstić information content (AvgIpc) is 2.83. The molecule has 0 aliphatic carbocycles. The molecule has 1 aromatic heterocycles. The van der Waals surface area contributed by atoms with Gasteiger partial charge in [-0.1, -0.05) is 44.2 Å². The zero-order valence-corrected chi connectivity index (χ0v) is 20.0. The van der Waals surface area contributed by atoms with E-state index in [1.165, 1.54) is 29.5 Å². The molecule has 0 unspecified atom stereocenters. The molecule has 33 heavy (non-hydrogen) atoms. The maximum absolute atomic E-state index is 10.3. The Balaban J connectivity index is 1.55. The van der Waals surface area contributed by atoms with Crippen LogP contribution >= 0.6 is 0 Å². The average molecular weight is 446 g/mol. The molecule has 0 bridgehead atoms. The number of hydrogen-bond acceptors (Lipinski definition) is 6. The van der Waals surface area contributed by atoms with Crippen LogP contribution in [0.2, 0.25) is 0 Å². The van der Waals surface area contributed by atoms with Crippen LogP contribution < -0.4 is 9.80 Å². The van der Waals surface area contributed by atoms with Gasteiger partial charge in [0.1, 0.15) is 17.7 Å². The second-order valence-corrected chi connectivity index (χ2v) is 10.4. The van der Waals surface area contributed by atoms with Gasteiger partial charge in [0.05, 0.1) is 18.8 Å². The molecule has 174 valence electrons. The minimum atomic E-state index is 0.286. The smallest absolute Gasteiger partial charge is 0.149 e. The third kappa shape index (κ3) is 4.71. The third-order valence-electron chi connectivity index (χ3n) is 7.30. The summed E-state index contributed by atoms with van der Waals surface area (Å²) in [6.45, 7) is 12.5. The maximum Gasteiger partial charge on any atom is 0.149 e. The van der Waals surface area contributed by atoms with Gasteiger partial charge in [-0.3, -0.25) is 4.90 Å². The van der Waals surface area contributed by atoms with Gasteiger partial charge in [-0.25, -0.2) is 4.98 Å². The minimum absolute atomic E-state index is 0.286. The first kappa shape index (κ1) is 22.2.